The Balaban J connectivity index is 3.10. The molecule has 0 unspecified atom stereocenters. The van der Waals surface area contributed by atoms with Gasteiger partial charge in [0.05, 0.1) is 12.8 Å². The minimum absolute atomic E-state index is 0.168. The summed E-state index contributed by atoms with van der Waals surface area (Å²) in [5, 5.41) is 2.57. The van der Waals surface area contributed by atoms with E-state index in [0.29, 0.717) is 5.75 Å². The fourth-order valence-electron chi connectivity index (χ4n) is 1.34. The third-order valence-corrected chi connectivity index (χ3v) is 2.21. The van der Waals surface area contributed by atoms with Gasteiger partial charge in [0.25, 0.3) is 0 Å². The molecule has 82 valence electrons. The zero-order valence-corrected chi connectivity index (χ0v) is 9.50. The molecule has 0 aliphatic carbocycles. The first-order chi connectivity index (χ1) is 7.10. The Hall–Kier alpha value is -1.71. The van der Waals surface area contributed by atoms with Crippen LogP contribution >= 0.6 is 0 Å². The first kappa shape index (κ1) is 11.4. The van der Waals surface area contributed by atoms with E-state index >= 15 is 0 Å². The minimum Gasteiger partial charge on any atom is -0.495 e. The number of rotatable bonds is 2. The van der Waals surface area contributed by atoms with Crippen molar-refractivity contribution < 1.29 is 9.53 Å². The van der Waals surface area contributed by atoms with Gasteiger partial charge >= 0.3 is 6.03 Å². The van der Waals surface area contributed by atoms with Crippen molar-refractivity contribution in [2.24, 2.45) is 0 Å². The van der Waals surface area contributed by atoms with Crippen LogP contribution in [-0.4, -0.2) is 27.2 Å². The Morgan fingerprint density at radius 2 is 2.13 bits per heavy atom. The van der Waals surface area contributed by atoms with E-state index in [1.54, 1.807) is 21.2 Å². The monoisotopic (exact) mass is 208 g/mol. The van der Waals surface area contributed by atoms with E-state index in [2.05, 4.69) is 5.32 Å². The summed E-state index contributed by atoms with van der Waals surface area (Å²) in [4.78, 5) is 13.0. The fourth-order valence-corrected chi connectivity index (χ4v) is 1.34. The number of nitrogens with zero attached hydrogens (tertiary/aromatic N) is 1. The highest BCUT2D eigenvalue weighted by Crippen LogP contribution is 2.28. The van der Waals surface area contributed by atoms with Crippen LogP contribution in [0.2, 0.25) is 0 Å². The van der Waals surface area contributed by atoms with Gasteiger partial charge in [0.2, 0.25) is 0 Å². The topological polar surface area (TPSA) is 41.6 Å². The molecule has 1 N–H and O–H groups in total. The second kappa shape index (κ2) is 4.68. The Morgan fingerprint density at radius 3 is 2.67 bits per heavy atom. The number of anilines is 1. The van der Waals surface area contributed by atoms with Gasteiger partial charge < -0.3 is 10.1 Å². The van der Waals surface area contributed by atoms with Gasteiger partial charge in [-0.1, -0.05) is 6.07 Å². The van der Waals surface area contributed by atoms with E-state index in [0.717, 1.165) is 11.3 Å². The summed E-state index contributed by atoms with van der Waals surface area (Å²) >= 11 is 0. The summed E-state index contributed by atoms with van der Waals surface area (Å²) in [5.74, 6) is 0.687. The van der Waals surface area contributed by atoms with E-state index in [4.69, 9.17) is 4.74 Å². The molecule has 1 aromatic carbocycles. The van der Waals surface area contributed by atoms with Crippen LogP contribution in [0.15, 0.2) is 18.2 Å². The Bertz CT molecular complexity index is 364. The second-order valence-electron chi connectivity index (χ2n) is 3.29. The predicted molar refractivity (Wildman–Crippen MR) is 60.6 cm³/mol. The molecular weight excluding hydrogens is 192 g/mol. The SMILES string of the molecule is CNC(=O)N(C)c1cc(C)ccc1OC. The summed E-state index contributed by atoms with van der Waals surface area (Å²) < 4.78 is 5.19. The van der Waals surface area contributed by atoms with Crippen molar-refractivity contribution in [2.45, 2.75) is 6.92 Å². The Kier molecular flexibility index (Phi) is 3.55. The fraction of sp³-hybridized carbons (Fsp3) is 0.364. The maximum Gasteiger partial charge on any atom is 0.321 e. The smallest absolute Gasteiger partial charge is 0.321 e. The molecule has 1 rings (SSSR count). The summed E-state index contributed by atoms with van der Waals surface area (Å²) in [7, 11) is 4.89. The summed E-state index contributed by atoms with van der Waals surface area (Å²) in [6.07, 6.45) is 0. The molecule has 0 bridgehead atoms. The van der Waals surface area contributed by atoms with Gasteiger partial charge in [0.15, 0.2) is 0 Å². The molecule has 0 atom stereocenters. The molecule has 1 aromatic rings. The number of ether oxygens (including phenoxy) is 1. The number of benzene rings is 1. The number of hydrogen-bond donors (Lipinski definition) is 1. The quantitative estimate of drug-likeness (QED) is 0.805. The highest BCUT2D eigenvalue weighted by atomic mass is 16.5. The maximum atomic E-state index is 11.5. The number of carbonyl (C=O) groups is 1. The summed E-state index contributed by atoms with van der Waals surface area (Å²) in [6, 6.07) is 5.54. The lowest BCUT2D eigenvalue weighted by Gasteiger charge is -2.19. The van der Waals surface area contributed by atoms with E-state index in [-0.39, 0.29) is 6.03 Å². The molecular formula is C11H16N2O2. The molecule has 15 heavy (non-hydrogen) atoms. The molecule has 0 aliphatic rings. The molecule has 0 aliphatic heterocycles. The van der Waals surface area contributed by atoms with E-state index in [9.17, 15) is 4.79 Å². The van der Waals surface area contributed by atoms with Crippen molar-refractivity contribution in [3.8, 4) is 5.75 Å². The van der Waals surface area contributed by atoms with E-state index < -0.39 is 0 Å². The summed E-state index contributed by atoms with van der Waals surface area (Å²) in [6.45, 7) is 1.97. The van der Waals surface area contributed by atoms with Gasteiger partial charge in [-0.25, -0.2) is 4.79 Å². The largest absolute Gasteiger partial charge is 0.495 e. The lowest BCUT2D eigenvalue weighted by molar-refractivity contribution is 0.249. The second-order valence-corrected chi connectivity index (χ2v) is 3.29. The molecule has 4 nitrogen and oxygen atoms in total. The van der Waals surface area contributed by atoms with Crippen LogP contribution in [0.25, 0.3) is 0 Å². The number of aryl methyl sites for hydroxylation is 1. The molecule has 0 radical (unpaired) electrons. The Labute approximate surface area is 89.8 Å². The van der Waals surface area contributed by atoms with Crippen molar-refractivity contribution in [2.75, 3.05) is 26.1 Å². The maximum absolute atomic E-state index is 11.5. The first-order valence-electron chi connectivity index (χ1n) is 4.70. The number of carbonyl (C=O) groups excluding carboxylic acids is 1. The molecule has 0 spiro atoms. The van der Waals surface area contributed by atoms with Crippen LogP contribution in [0, 0.1) is 6.92 Å². The predicted octanol–water partition coefficient (Wildman–Crippen LogP) is 1.78. The van der Waals surface area contributed by atoms with Crippen LogP contribution in [0.1, 0.15) is 5.56 Å². The number of methoxy groups -OCH3 is 1. The van der Waals surface area contributed by atoms with Gasteiger partial charge in [-0.15, -0.1) is 0 Å². The molecule has 4 heteroatoms. The first-order valence-corrected chi connectivity index (χ1v) is 4.70. The zero-order chi connectivity index (χ0) is 11.4. The van der Waals surface area contributed by atoms with E-state index in [1.165, 1.54) is 4.90 Å². The highest BCUT2D eigenvalue weighted by molar-refractivity contribution is 5.92. The van der Waals surface area contributed by atoms with Crippen molar-refractivity contribution in [1.29, 1.82) is 0 Å². The van der Waals surface area contributed by atoms with Crippen molar-refractivity contribution >= 4 is 11.7 Å². The minimum atomic E-state index is -0.168. The number of hydrogen-bond acceptors (Lipinski definition) is 2. The standard InChI is InChI=1S/C11H16N2O2/c1-8-5-6-10(15-4)9(7-8)13(3)11(14)12-2/h5-7H,1-4H3,(H,12,14). The molecule has 0 fully saturated rings. The van der Waals surface area contributed by atoms with Crippen molar-refractivity contribution in [3.63, 3.8) is 0 Å². The molecule has 0 saturated heterocycles. The van der Waals surface area contributed by atoms with E-state index in [1.807, 2.05) is 25.1 Å². The molecule has 0 aromatic heterocycles. The molecule has 2 amide bonds. The van der Waals surface area contributed by atoms with Crippen molar-refractivity contribution in [3.05, 3.63) is 23.8 Å². The van der Waals surface area contributed by atoms with Gasteiger partial charge in [-0.3, -0.25) is 4.90 Å². The lowest BCUT2D eigenvalue weighted by Crippen LogP contribution is -2.35. The summed E-state index contributed by atoms with van der Waals surface area (Å²) in [5.41, 5.74) is 1.85. The van der Waals surface area contributed by atoms with Crippen LogP contribution in [0.4, 0.5) is 10.5 Å². The number of urea groups is 1. The van der Waals surface area contributed by atoms with Crippen LogP contribution < -0.4 is 15.0 Å². The van der Waals surface area contributed by atoms with Crippen molar-refractivity contribution in [1.82, 2.24) is 5.32 Å². The van der Waals surface area contributed by atoms with Gasteiger partial charge in [-0.2, -0.15) is 0 Å². The zero-order valence-electron chi connectivity index (χ0n) is 9.50. The highest BCUT2D eigenvalue weighted by Gasteiger charge is 2.13. The number of nitrogens with one attached hydrogen (secondary N) is 1. The number of amides is 2. The third kappa shape index (κ3) is 2.40. The molecule has 0 saturated carbocycles. The van der Waals surface area contributed by atoms with Crippen LogP contribution in [0.5, 0.6) is 5.75 Å². The van der Waals surface area contributed by atoms with Crippen LogP contribution in [0.3, 0.4) is 0 Å². The van der Waals surface area contributed by atoms with Gasteiger partial charge in [0, 0.05) is 14.1 Å². The van der Waals surface area contributed by atoms with Crippen LogP contribution in [-0.2, 0) is 0 Å². The average Bonchev–Trinajstić information content (AvgIpc) is 2.27. The van der Waals surface area contributed by atoms with Gasteiger partial charge in [0.1, 0.15) is 5.75 Å². The lowest BCUT2D eigenvalue weighted by atomic mass is 10.2. The third-order valence-electron chi connectivity index (χ3n) is 2.21. The Morgan fingerprint density at radius 1 is 1.47 bits per heavy atom. The average molecular weight is 208 g/mol. The van der Waals surface area contributed by atoms with Gasteiger partial charge in [-0.05, 0) is 24.6 Å². The molecule has 0 heterocycles. The normalized spacial score (nSPS) is 9.60.